The largest absolute Gasteiger partial charge is 0.440 e. The lowest BCUT2D eigenvalue weighted by molar-refractivity contribution is 0.195. The summed E-state index contributed by atoms with van der Waals surface area (Å²) in [5, 5.41) is 10.1. The summed E-state index contributed by atoms with van der Waals surface area (Å²) < 4.78 is 18.6. The van der Waals surface area contributed by atoms with Gasteiger partial charge in [0.15, 0.2) is 0 Å². The number of nitrogens with zero attached hydrogens (tertiary/aromatic N) is 1. The number of hydrogen-bond acceptors (Lipinski definition) is 4. The molecule has 0 unspecified atom stereocenters. The highest BCUT2D eigenvalue weighted by Crippen LogP contribution is 2.34. The van der Waals surface area contributed by atoms with Gasteiger partial charge in [0, 0.05) is 4.90 Å². The molecule has 1 aromatic heterocycles. The second kappa shape index (κ2) is 4.89. The standard InChI is InChI=1S/C12H12FNO2S/c1-7-5-11(17-12-14-3-4-16-12)9(8(2)15)6-10(7)13/h3-6,8,15H,1-2H3/t8-/m1/s1. The van der Waals surface area contributed by atoms with E-state index in [0.29, 0.717) is 16.3 Å². The first kappa shape index (κ1) is 12.1. The molecule has 90 valence electrons. The molecule has 0 saturated heterocycles. The molecule has 0 aliphatic carbocycles. The van der Waals surface area contributed by atoms with Gasteiger partial charge in [0.05, 0.1) is 12.3 Å². The van der Waals surface area contributed by atoms with Crippen molar-refractivity contribution in [2.24, 2.45) is 0 Å². The van der Waals surface area contributed by atoms with Crippen LogP contribution in [0.3, 0.4) is 0 Å². The summed E-state index contributed by atoms with van der Waals surface area (Å²) >= 11 is 1.27. The summed E-state index contributed by atoms with van der Waals surface area (Å²) in [6, 6.07) is 3.04. The summed E-state index contributed by atoms with van der Waals surface area (Å²) in [7, 11) is 0. The zero-order chi connectivity index (χ0) is 12.4. The van der Waals surface area contributed by atoms with Crippen LogP contribution in [-0.4, -0.2) is 10.1 Å². The van der Waals surface area contributed by atoms with Crippen LogP contribution in [0, 0.1) is 12.7 Å². The summed E-state index contributed by atoms with van der Waals surface area (Å²) in [6.45, 7) is 3.28. The maximum absolute atomic E-state index is 13.4. The van der Waals surface area contributed by atoms with E-state index in [1.807, 2.05) is 0 Å². The molecular weight excluding hydrogens is 241 g/mol. The molecule has 0 saturated carbocycles. The van der Waals surface area contributed by atoms with Crippen LogP contribution in [0.25, 0.3) is 0 Å². The van der Waals surface area contributed by atoms with Gasteiger partial charge in [-0.3, -0.25) is 0 Å². The van der Waals surface area contributed by atoms with Gasteiger partial charge in [0.2, 0.25) is 0 Å². The molecule has 0 bridgehead atoms. The molecule has 2 aromatic rings. The van der Waals surface area contributed by atoms with Crippen LogP contribution in [0.15, 0.2) is 39.1 Å². The van der Waals surface area contributed by atoms with Crippen LogP contribution in [0.5, 0.6) is 0 Å². The Morgan fingerprint density at radius 1 is 1.47 bits per heavy atom. The average Bonchev–Trinajstić information content (AvgIpc) is 2.75. The summed E-state index contributed by atoms with van der Waals surface area (Å²) in [5.41, 5.74) is 1.07. The molecule has 17 heavy (non-hydrogen) atoms. The van der Waals surface area contributed by atoms with Crippen molar-refractivity contribution in [3.05, 3.63) is 41.5 Å². The average molecular weight is 253 g/mol. The minimum Gasteiger partial charge on any atom is -0.440 e. The second-order valence-corrected chi connectivity index (χ2v) is 4.71. The fourth-order valence-corrected chi connectivity index (χ4v) is 2.43. The Kier molecular flexibility index (Phi) is 3.49. The van der Waals surface area contributed by atoms with E-state index in [9.17, 15) is 9.50 Å². The quantitative estimate of drug-likeness (QED) is 0.911. The predicted octanol–water partition coefficient (Wildman–Crippen LogP) is 3.33. The fourth-order valence-electron chi connectivity index (χ4n) is 1.44. The molecule has 0 radical (unpaired) electrons. The third-order valence-corrected chi connectivity index (χ3v) is 3.30. The topological polar surface area (TPSA) is 46.3 Å². The zero-order valence-electron chi connectivity index (χ0n) is 9.48. The highest BCUT2D eigenvalue weighted by Gasteiger charge is 2.14. The van der Waals surface area contributed by atoms with Gasteiger partial charge >= 0.3 is 0 Å². The van der Waals surface area contributed by atoms with Gasteiger partial charge in [0.1, 0.15) is 12.1 Å². The number of benzene rings is 1. The molecule has 0 amide bonds. The lowest BCUT2D eigenvalue weighted by Gasteiger charge is -2.11. The Hall–Kier alpha value is -1.33. The lowest BCUT2D eigenvalue weighted by Crippen LogP contribution is -1.97. The van der Waals surface area contributed by atoms with E-state index in [-0.39, 0.29) is 5.82 Å². The molecule has 5 heteroatoms. The van der Waals surface area contributed by atoms with Crippen molar-refractivity contribution in [3.63, 3.8) is 0 Å². The first-order chi connectivity index (χ1) is 8.08. The number of hydrogen-bond donors (Lipinski definition) is 1. The summed E-state index contributed by atoms with van der Waals surface area (Å²) in [4.78, 5) is 4.74. The van der Waals surface area contributed by atoms with E-state index >= 15 is 0 Å². The molecule has 2 rings (SSSR count). The first-order valence-electron chi connectivity index (χ1n) is 5.13. The van der Waals surface area contributed by atoms with Crippen molar-refractivity contribution >= 4 is 11.8 Å². The number of halogens is 1. The smallest absolute Gasteiger partial charge is 0.260 e. The van der Waals surface area contributed by atoms with E-state index in [1.54, 1.807) is 26.1 Å². The molecule has 0 aliphatic rings. The number of rotatable bonds is 3. The fraction of sp³-hybridized carbons (Fsp3) is 0.250. The molecular formula is C12H12FNO2S. The number of aliphatic hydroxyl groups excluding tert-OH is 1. The van der Waals surface area contributed by atoms with Crippen molar-refractivity contribution in [1.29, 1.82) is 0 Å². The van der Waals surface area contributed by atoms with E-state index < -0.39 is 6.10 Å². The van der Waals surface area contributed by atoms with Crippen LogP contribution in [0.2, 0.25) is 0 Å². The summed E-state index contributed by atoms with van der Waals surface area (Å²) in [5.74, 6) is -0.322. The highest BCUT2D eigenvalue weighted by molar-refractivity contribution is 7.99. The van der Waals surface area contributed by atoms with Gasteiger partial charge in [0.25, 0.3) is 5.22 Å². The van der Waals surface area contributed by atoms with Gasteiger partial charge < -0.3 is 9.52 Å². The minimum atomic E-state index is -0.734. The van der Waals surface area contributed by atoms with E-state index in [4.69, 9.17) is 4.42 Å². The van der Waals surface area contributed by atoms with Crippen LogP contribution in [0.1, 0.15) is 24.2 Å². The highest BCUT2D eigenvalue weighted by atomic mass is 32.2. The van der Waals surface area contributed by atoms with Crippen LogP contribution in [0.4, 0.5) is 4.39 Å². The Bertz CT molecular complexity index is 511. The van der Waals surface area contributed by atoms with Gasteiger partial charge in [-0.25, -0.2) is 9.37 Å². The van der Waals surface area contributed by atoms with E-state index in [0.717, 1.165) is 4.90 Å². The van der Waals surface area contributed by atoms with Crippen LogP contribution >= 0.6 is 11.8 Å². The molecule has 1 aromatic carbocycles. The van der Waals surface area contributed by atoms with Gasteiger partial charge in [-0.1, -0.05) is 0 Å². The van der Waals surface area contributed by atoms with E-state index in [2.05, 4.69) is 4.98 Å². The number of aryl methyl sites for hydroxylation is 1. The van der Waals surface area contributed by atoms with Gasteiger partial charge in [-0.15, -0.1) is 0 Å². The molecule has 0 spiro atoms. The molecule has 1 atom stereocenters. The molecule has 0 fully saturated rings. The Labute approximate surface area is 103 Å². The lowest BCUT2D eigenvalue weighted by atomic mass is 10.1. The van der Waals surface area contributed by atoms with Gasteiger partial charge in [-0.05, 0) is 48.9 Å². The van der Waals surface area contributed by atoms with Crippen molar-refractivity contribution in [2.45, 2.75) is 30.1 Å². The second-order valence-electron chi connectivity index (χ2n) is 3.72. The predicted molar refractivity (Wildman–Crippen MR) is 62.4 cm³/mol. The van der Waals surface area contributed by atoms with Gasteiger partial charge in [-0.2, -0.15) is 0 Å². The Balaban J connectivity index is 2.41. The van der Waals surface area contributed by atoms with Crippen LogP contribution in [-0.2, 0) is 0 Å². The Morgan fingerprint density at radius 2 is 2.24 bits per heavy atom. The van der Waals surface area contributed by atoms with Crippen molar-refractivity contribution < 1.29 is 13.9 Å². The third kappa shape index (κ3) is 2.68. The maximum Gasteiger partial charge on any atom is 0.260 e. The van der Waals surface area contributed by atoms with Crippen molar-refractivity contribution in [2.75, 3.05) is 0 Å². The van der Waals surface area contributed by atoms with E-state index in [1.165, 1.54) is 24.1 Å². The Morgan fingerprint density at radius 3 is 2.82 bits per heavy atom. The first-order valence-corrected chi connectivity index (χ1v) is 5.95. The maximum atomic E-state index is 13.4. The third-order valence-electron chi connectivity index (χ3n) is 2.35. The van der Waals surface area contributed by atoms with Crippen molar-refractivity contribution in [1.82, 2.24) is 4.98 Å². The summed E-state index contributed by atoms with van der Waals surface area (Å²) in [6.07, 6.45) is 2.28. The molecule has 1 N–H and O–H groups in total. The number of aliphatic hydroxyl groups is 1. The molecule has 0 aliphatic heterocycles. The minimum absolute atomic E-state index is 0.322. The van der Waals surface area contributed by atoms with Crippen LogP contribution < -0.4 is 0 Å². The zero-order valence-corrected chi connectivity index (χ0v) is 10.3. The van der Waals surface area contributed by atoms with Crippen molar-refractivity contribution in [3.8, 4) is 0 Å². The monoisotopic (exact) mass is 253 g/mol. The number of oxazole rings is 1. The molecule has 1 heterocycles. The number of aromatic nitrogens is 1. The normalized spacial score (nSPS) is 12.7. The SMILES string of the molecule is Cc1cc(Sc2ncco2)c([C@@H](C)O)cc1F. The molecule has 3 nitrogen and oxygen atoms in total.